The fourth-order valence-corrected chi connectivity index (χ4v) is 3.37. The van der Waals surface area contributed by atoms with Gasteiger partial charge in [-0.15, -0.1) is 0 Å². The maximum Gasteiger partial charge on any atom is 0.261 e. The maximum atomic E-state index is 13.5. The molecule has 2 rings (SSSR count). The van der Waals surface area contributed by atoms with Crippen LogP contribution in [0.1, 0.15) is 21.3 Å². The van der Waals surface area contributed by atoms with Gasteiger partial charge in [-0.2, -0.15) is 0 Å². The van der Waals surface area contributed by atoms with Crippen molar-refractivity contribution in [2.24, 2.45) is 5.73 Å². The van der Waals surface area contributed by atoms with Crippen LogP contribution in [0.5, 0.6) is 0 Å². The number of hydrogen-bond acceptors (Lipinski definition) is 4. The number of hydrogen-bond donors (Lipinski definition) is 2. The normalized spacial score (nSPS) is 12.0. The van der Waals surface area contributed by atoms with Crippen molar-refractivity contribution in [1.82, 2.24) is 9.71 Å². The molecule has 110 valence electrons. The van der Waals surface area contributed by atoms with Crippen LogP contribution in [-0.2, 0) is 0 Å². The molecule has 21 heavy (non-hydrogen) atoms. The van der Waals surface area contributed by atoms with Crippen LogP contribution >= 0.6 is 43.8 Å². The Hall–Kier alpha value is -0.960. The van der Waals surface area contributed by atoms with Gasteiger partial charge >= 0.3 is 0 Å². The van der Waals surface area contributed by atoms with E-state index in [9.17, 15) is 9.18 Å². The molecule has 1 aromatic carbocycles. The number of carbonyl (C=O) groups excluding carboxylic acids is 1. The van der Waals surface area contributed by atoms with E-state index in [4.69, 9.17) is 5.73 Å². The number of nitrogens with zero attached hydrogens (tertiary/aromatic N) is 1. The van der Waals surface area contributed by atoms with E-state index in [1.54, 1.807) is 24.3 Å². The first-order valence-electron chi connectivity index (χ1n) is 5.77. The minimum Gasteiger partial charge on any atom is -0.314 e. The molecule has 0 spiro atoms. The lowest BCUT2D eigenvalue weighted by atomic mass is 10.2. The number of carbonyl (C=O) groups is 1. The number of aromatic nitrogens is 1. The molecule has 0 aliphatic rings. The van der Waals surface area contributed by atoms with Crippen molar-refractivity contribution in [3.05, 3.63) is 62.5 Å². The van der Waals surface area contributed by atoms with Gasteiger partial charge in [0, 0.05) is 11.1 Å². The molecular formula is C13H10Br2FN3OS. The van der Waals surface area contributed by atoms with E-state index in [1.165, 1.54) is 6.07 Å². The quantitative estimate of drug-likeness (QED) is 0.436. The number of nitrogens with one attached hydrogen (secondary N) is 1. The molecule has 0 fully saturated rings. The Balaban J connectivity index is 2.04. The highest BCUT2D eigenvalue weighted by Crippen LogP contribution is 2.29. The third-order valence-electron chi connectivity index (χ3n) is 2.53. The molecule has 0 radical (unpaired) electrons. The number of halogens is 3. The minimum atomic E-state index is -0.651. The highest BCUT2D eigenvalue weighted by Gasteiger charge is 2.16. The van der Waals surface area contributed by atoms with Gasteiger partial charge in [0.05, 0.1) is 5.37 Å². The van der Waals surface area contributed by atoms with E-state index < -0.39 is 11.2 Å². The summed E-state index contributed by atoms with van der Waals surface area (Å²) in [4.78, 5) is 15.8. The van der Waals surface area contributed by atoms with Crippen LogP contribution in [0, 0.1) is 5.82 Å². The molecule has 8 heteroatoms. The van der Waals surface area contributed by atoms with Crippen LogP contribution < -0.4 is 10.5 Å². The summed E-state index contributed by atoms with van der Waals surface area (Å²) in [7, 11) is 0. The Morgan fingerprint density at radius 1 is 1.29 bits per heavy atom. The fraction of sp³-hybridized carbons (Fsp3) is 0.0769. The Labute approximate surface area is 142 Å². The molecule has 0 aliphatic heterocycles. The summed E-state index contributed by atoms with van der Waals surface area (Å²) in [6, 6.07) is 10.0. The van der Waals surface area contributed by atoms with Crippen molar-refractivity contribution in [1.29, 1.82) is 0 Å². The zero-order chi connectivity index (χ0) is 15.4. The van der Waals surface area contributed by atoms with Gasteiger partial charge in [0.2, 0.25) is 0 Å². The van der Waals surface area contributed by atoms with Gasteiger partial charge in [-0.1, -0.05) is 18.2 Å². The number of benzene rings is 1. The van der Waals surface area contributed by atoms with E-state index in [1.807, 2.05) is 6.07 Å². The first kappa shape index (κ1) is 16.4. The van der Waals surface area contributed by atoms with Gasteiger partial charge < -0.3 is 5.73 Å². The Bertz CT molecular complexity index is 657. The molecule has 0 bridgehead atoms. The second kappa shape index (κ2) is 7.35. The molecule has 1 unspecified atom stereocenters. The molecular weight excluding hydrogens is 425 g/mol. The van der Waals surface area contributed by atoms with Crippen molar-refractivity contribution in [3.8, 4) is 0 Å². The topological polar surface area (TPSA) is 68.0 Å². The number of nitrogens with two attached hydrogens (primary N) is 1. The second-order valence-corrected chi connectivity index (χ2v) is 6.43. The van der Waals surface area contributed by atoms with Crippen molar-refractivity contribution in [2.45, 2.75) is 5.37 Å². The monoisotopic (exact) mass is 433 g/mol. The van der Waals surface area contributed by atoms with E-state index in [2.05, 4.69) is 41.6 Å². The average molecular weight is 435 g/mol. The van der Waals surface area contributed by atoms with Crippen LogP contribution in [-0.4, -0.2) is 10.9 Å². The van der Waals surface area contributed by atoms with Crippen molar-refractivity contribution in [2.75, 3.05) is 0 Å². The summed E-state index contributed by atoms with van der Waals surface area (Å²) in [5, 5.41) is -0.651. The summed E-state index contributed by atoms with van der Waals surface area (Å²) in [5.41, 5.74) is 6.91. The molecule has 3 N–H and O–H groups in total. The number of rotatable bonds is 4. The summed E-state index contributed by atoms with van der Waals surface area (Å²) < 4.78 is 16.7. The molecule has 2 aromatic rings. The second-order valence-electron chi connectivity index (χ2n) is 3.98. The summed E-state index contributed by atoms with van der Waals surface area (Å²) in [6.07, 6.45) is 0. The Morgan fingerprint density at radius 2 is 1.95 bits per heavy atom. The van der Waals surface area contributed by atoms with Crippen LogP contribution in [0.15, 0.2) is 45.6 Å². The largest absolute Gasteiger partial charge is 0.314 e. The smallest absolute Gasteiger partial charge is 0.261 e. The number of pyridine rings is 1. The van der Waals surface area contributed by atoms with Gasteiger partial charge in [0.1, 0.15) is 9.21 Å². The SMILES string of the molecule is NC(SNC(=O)c1ccccc1)c1cc(F)c(Br)nc1Br. The maximum absolute atomic E-state index is 13.5. The first-order valence-corrected chi connectivity index (χ1v) is 8.23. The van der Waals surface area contributed by atoms with Crippen LogP contribution in [0.2, 0.25) is 0 Å². The van der Waals surface area contributed by atoms with Crippen LogP contribution in [0.25, 0.3) is 0 Å². The van der Waals surface area contributed by atoms with Crippen molar-refractivity contribution >= 4 is 49.7 Å². The van der Waals surface area contributed by atoms with E-state index in [0.29, 0.717) is 15.7 Å². The molecule has 1 heterocycles. The Kier molecular flexibility index (Phi) is 5.74. The lowest BCUT2D eigenvalue weighted by Gasteiger charge is -2.14. The molecule has 0 saturated heterocycles. The summed E-state index contributed by atoms with van der Waals surface area (Å²) in [6.45, 7) is 0. The van der Waals surface area contributed by atoms with E-state index in [-0.39, 0.29) is 10.5 Å². The van der Waals surface area contributed by atoms with Crippen molar-refractivity contribution in [3.63, 3.8) is 0 Å². The molecule has 0 saturated carbocycles. The van der Waals surface area contributed by atoms with Gasteiger partial charge in [0.25, 0.3) is 5.91 Å². The van der Waals surface area contributed by atoms with Gasteiger partial charge in [0.15, 0.2) is 5.82 Å². The zero-order valence-electron chi connectivity index (χ0n) is 10.5. The predicted molar refractivity (Wildman–Crippen MR) is 88.0 cm³/mol. The predicted octanol–water partition coefficient (Wildman–Crippen LogP) is 3.78. The van der Waals surface area contributed by atoms with E-state index in [0.717, 1.165) is 11.9 Å². The molecule has 0 aliphatic carbocycles. The highest BCUT2D eigenvalue weighted by atomic mass is 79.9. The van der Waals surface area contributed by atoms with Crippen LogP contribution in [0.4, 0.5) is 4.39 Å². The van der Waals surface area contributed by atoms with Gasteiger partial charge in [-0.25, -0.2) is 9.37 Å². The Morgan fingerprint density at radius 3 is 2.62 bits per heavy atom. The molecule has 1 aromatic heterocycles. The van der Waals surface area contributed by atoms with Gasteiger partial charge in [-0.3, -0.25) is 9.52 Å². The number of amides is 1. The van der Waals surface area contributed by atoms with Crippen molar-refractivity contribution < 1.29 is 9.18 Å². The minimum absolute atomic E-state index is 0.101. The fourth-order valence-electron chi connectivity index (χ4n) is 1.49. The summed E-state index contributed by atoms with van der Waals surface area (Å²) >= 11 is 7.20. The first-order chi connectivity index (χ1) is 9.99. The standard InChI is InChI=1S/C13H10Br2FN3OS/c14-10-8(6-9(16)11(15)18-10)12(17)21-19-13(20)7-4-2-1-3-5-7/h1-6,12H,17H2,(H,19,20). The third-order valence-corrected chi connectivity index (χ3v) is 4.54. The summed E-state index contributed by atoms with van der Waals surface area (Å²) in [5.74, 6) is -0.781. The van der Waals surface area contributed by atoms with E-state index >= 15 is 0 Å². The molecule has 1 atom stereocenters. The zero-order valence-corrected chi connectivity index (χ0v) is 14.5. The lowest BCUT2D eigenvalue weighted by molar-refractivity contribution is 0.0984. The molecule has 1 amide bonds. The average Bonchev–Trinajstić information content (AvgIpc) is 2.49. The highest BCUT2D eigenvalue weighted by molar-refractivity contribution is 9.11. The molecule has 4 nitrogen and oxygen atoms in total. The van der Waals surface area contributed by atoms with Crippen LogP contribution in [0.3, 0.4) is 0 Å². The lowest BCUT2D eigenvalue weighted by Crippen LogP contribution is -2.21. The van der Waals surface area contributed by atoms with Gasteiger partial charge in [-0.05, 0) is 62.0 Å². The third kappa shape index (κ3) is 4.26.